The molecule has 4 heteroatoms. The zero-order valence-corrected chi connectivity index (χ0v) is 7.53. The maximum absolute atomic E-state index is 3.98. The van der Waals surface area contributed by atoms with Gasteiger partial charge in [-0.15, -0.1) is 5.10 Å². The molecule has 0 aliphatic carbocycles. The van der Waals surface area contributed by atoms with Crippen LogP contribution in [0.4, 0.5) is 5.82 Å². The summed E-state index contributed by atoms with van der Waals surface area (Å²) in [5.41, 5.74) is 0. The second-order valence-electron chi connectivity index (χ2n) is 3.30. The van der Waals surface area contributed by atoms with Crippen molar-refractivity contribution < 1.29 is 0 Å². The van der Waals surface area contributed by atoms with Crippen molar-refractivity contribution in [1.29, 1.82) is 0 Å². The van der Waals surface area contributed by atoms with Gasteiger partial charge in [0.05, 0.1) is 0 Å². The number of hydrogen-bond donors (Lipinski definition) is 2. The summed E-state index contributed by atoms with van der Waals surface area (Å²) in [5, 5.41) is 14.5. The Morgan fingerprint density at radius 2 is 2.54 bits per heavy atom. The van der Waals surface area contributed by atoms with Crippen molar-refractivity contribution in [1.82, 2.24) is 15.5 Å². The number of rotatable bonds is 2. The molecule has 1 aromatic heterocycles. The van der Waals surface area contributed by atoms with Gasteiger partial charge in [-0.25, -0.2) is 0 Å². The molecule has 2 heterocycles. The third-order valence-electron chi connectivity index (χ3n) is 2.22. The van der Waals surface area contributed by atoms with E-state index in [0.717, 1.165) is 18.9 Å². The average Bonchev–Trinajstić information content (AvgIpc) is 2.21. The van der Waals surface area contributed by atoms with Crippen molar-refractivity contribution in [2.24, 2.45) is 0 Å². The van der Waals surface area contributed by atoms with E-state index in [0.29, 0.717) is 6.04 Å². The zero-order valence-electron chi connectivity index (χ0n) is 7.53. The molecule has 0 saturated carbocycles. The first kappa shape index (κ1) is 8.44. The molecule has 1 aliphatic heterocycles. The van der Waals surface area contributed by atoms with Crippen LogP contribution in [0.5, 0.6) is 0 Å². The Hall–Kier alpha value is -1.16. The number of piperidine rings is 1. The van der Waals surface area contributed by atoms with Gasteiger partial charge in [0, 0.05) is 18.8 Å². The summed E-state index contributed by atoms with van der Waals surface area (Å²) in [6.07, 6.45) is 4.13. The molecule has 1 unspecified atom stereocenters. The number of hydrogen-bond acceptors (Lipinski definition) is 4. The fourth-order valence-corrected chi connectivity index (χ4v) is 1.56. The minimum Gasteiger partial charge on any atom is -0.365 e. The first-order valence-corrected chi connectivity index (χ1v) is 4.70. The molecule has 1 atom stereocenters. The number of nitrogens with one attached hydrogen (secondary N) is 2. The summed E-state index contributed by atoms with van der Waals surface area (Å²) in [7, 11) is 0. The minimum absolute atomic E-state index is 0.505. The Bertz CT molecular complexity index is 243. The maximum atomic E-state index is 3.98. The minimum atomic E-state index is 0.505. The molecule has 0 amide bonds. The van der Waals surface area contributed by atoms with E-state index in [2.05, 4.69) is 20.8 Å². The standard InChI is InChI=1S/C9H14N4/c1-3-8(7-10-5-1)12-9-4-2-6-11-13-9/h2,4,6,8,10H,1,3,5,7H2,(H,12,13). The fourth-order valence-electron chi connectivity index (χ4n) is 1.56. The molecule has 1 aliphatic rings. The van der Waals surface area contributed by atoms with Crippen LogP contribution in [0.2, 0.25) is 0 Å². The Morgan fingerprint density at radius 3 is 3.23 bits per heavy atom. The first-order valence-electron chi connectivity index (χ1n) is 4.70. The van der Waals surface area contributed by atoms with Crippen LogP contribution in [0.25, 0.3) is 0 Å². The lowest BCUT2D eigenvalue weighted by molar-refractivity contribution is 0.478. The summed E-state index contributed by atoms with van der Waals surface area (Å²) < 4.78 is 0. The summed E-state index contributed by atoms with van der Waals surface area (Å²) in [6.45, 7) is 2.16. The second-order valence-corrected chi connectivity index (χ2v) is 3.30. The molecule has 2 N–H and O–H groups in total. The molecule has 0 aromatic carbocycles. The topological polar surface area (TPSA) is 49.8 Å². The van der Waals surface area contributed by atoms with Gasteiger partial charge < -0.3 is 10.6 Å². The van der Waals surface area contributed by atoms with Gasteiger partial charge in [0.1, 0.15) is 5.82 Å². The average molecular weight is 178 g/mol. The second kappa shape index (κ2) is 4.18. The van der Waals surface area contributed by atoms with Crippen molar-refractivity contribution in [2.45, 2.75) is 18.9 Å². The summed E-state index contributed by atoms with van der Waals surface area (Å²) in [5.74, 6) is 0.871. The van der Waals surface area contributed by atoms with E-state index < -0.39 is 0 Å². The molecule has 4 nitrogen and oxygen atoms in total. The van der Waals surface area contributed by atoms with Crippen LogP contribution in [0.15, 0.2) is 18.3 Å². The monoisotopic (exact) mass is 178 g/mol. The molecule has 1 saturated heterocycles. The van der Waals surface area contributed by atoms with Gasteiger partial charge in [0.25, 0.3) is 0 Å². The lowest BCUT2D eigenvalue weighted by Crippen LogP contribution is -2.38. The highest BCUT2D eigenvalue weighted by molar-refractivity contribution is 5.33. The van der Waals surface area contributed by atoms with Crippen LogP contribution in [-0.4, -0.2) is 29.3 Å². The largest absolute Gasteiger partial charge is 0.365 e. The Labute approximate surface area is 77.8 Å². The van der Waals surface area contributed by atoms with Crippen LogP contribution in [0.3, 0.4) is 0 Å². The predicted octanol–water partition coefficient (Wildman–Crippen LogP) is 0.640. The SMILES string of the molecule is c1cnnc(NC2CCCNC2)c1. The van der Waals surface area contributed by atoms with Gasteiger partial charge in [-0.2, -0.15) is 5.10 Å². The third-order valence-corrected chi connectivity index (χ3v) is 2.22. The summed E-state index contributed by atoms with van der Waals surface area (Å²) >= 11 is 0. The van der Waals surface area contributed by atoms with Gasteiger partial charge in [-0.05, 0) is 31.5 Å². The smallest absolute Gasteiger partial charge is 0.148 e. The van der Waals surface area contributed by atoms with E-state index in [1.54, 1.807) is 6.20 Å². The predicted molar refractivity (Wildman–Crippen MR) is 51.5 cm³/mol. The van der Waals surface area contributed by atoms with E-state index in [-0.39, 0.29) is 0 Å². The highest BCUT2D eigenvalue weighted by atomic mass is 15.2. The maximum Gasteiger partial charge on any atom is 0.148 e. The zero-order chi connectivity index (χ0) is 8.93. The first-order chi connectivity index (χ1) is 6.45. The van der Waals surface area contributed by atoms with Gasteiger partial charge in [0.2, 0.25) is 0 Å². The van der Waals surface area contributed by atoms with E-state index in [9.17, 15) is 0 Å². The molecule has 0 spiro atoms. The van der Waals surface area contributed by atoms with Crippen molar-refractivity contribution in [3.05, 3.63) is 18.3 Å². The van der Waals surface area contributed by atoms with E-state index >= 15 is 0 Å². The summed E-state index contributed by atoms with van der Waals surface area (Å²) in [6, 6.07) is 4.35. The van der Waals surface area contributed by atoms with Crippen LogP contribution < -0.4 is 10.6 Å². The number of aromatic nitrogens is 2. The van der Waals surface area contributed by atoms with Crippen LogP contribution in [0.1, 0.15) is 12.8 Å². The van der Waals surface area contributed by atoms with Crippen molar-refractivity contribution in [2.75, 3.05) is 18.4 Å². The fraction of sp³-hybridized carbons (Fsp3) is 0.556. The number of nitrogens with zero attached hydrogens (tertiary/aromatic N) is 2. The van der Waals surface area contributed by atoms with Crippen LogP contribution in [0, 0.1) is 0 Å². The van der Waals surface area contributed by atoms with Crippen LogP contribution >= 0.6 is 0 Å². The molecule has 2 rings (SSSR count). The molecule has 0 radical (unpaired) electrons. The molecule has 1 fully saturated rings. The van der Waals surface area contributed by atoms with Gasteiger partial charge >= 0.3 is 0 Å². The molecule has 13 heavy (non-hydrogen) atoms. The normalized spacial score (nSPS) is 22.6. The van der Waals surface area contributed by atoms with E-state index in [1.807, 2.05) is 12.1 Å². The van der Waals surface area contributed by atoms with Gasteiger partial charge in [0.15, 0.2) is 0 Å². The lowest BCUT2D eigenvalue weighted by atomic mass is 10.1. The Balaban J connectivity index is 1.90. The van der Waals surface area contributed by atoms with E-state index in [1.165, 1.54) is 12.8 Å². The molecular weight excluding hydrogens is 164 g/mol. The molecular formula is C9H14N4. The van der Waals surface area contributed by atoms with Gasteiger partial charge in [-0.1, -0.05) is 0 Å². The van der Waals surface area contributed by atoms with Gasteiger partial charge in [-0.3, -0.25) is 0 Å². The lowest BCUT2D eigenvalue weighted by Gasteiger charge is -2.23. The quantitative estimate of drug-likeness (QED) is 0.697. The molecule has 0 bridgehead atoms. The van der Waals surface area contributed by atoms with Crippen molar-refractivity contribution in [3.63, 3.8) is 0 Å². The highest BCUT2D eigenvalue weighted by Gasteiger charge is 2.12. The van der Waals surface area contributed by atoms with E-state index in [4.69, 9.17) is 0 Å². The molecule has 70 valence electrons. The number of anilines is 1. The highest BCUT2D eigenvalue weighted by Crippen LogP contribution is 2.07. The van der Waals surface area contributed by atoms with Crippen molar-refractivity contribution in [3.8, 4) is 0 Å². The summed E-state index contributed by atoms with van der Waals surface area (Å²) in [4.78, 5) is 0. The Morgan fingerprint density at radius 1 is 1.54 bits per heavy atom. The molecule has 1 aromatic rings. The van der Waals surface area contributed by atoms with Crippen molar-refractivity contribution >= 4 is 5.82 Å². The van der Waals surface area contributed by atoms with Crippen LogP contribution in [-0.2, 0) is 0 Å². The third kappa shape index (κ3) is 2.39. The Kier molecular flexibility index (Phi) is 2.72.